The molecule has 0 bridgehead atoms. The van der Waals surface area contributed by atoms with Crippen molar-refractivity contribution < 1.29 is 41.0 Å². The van der Waals surface area contributed by atoms with E-state index in [0.717, 1.165) is 42.9 Å². The van der Waals surface area contributed by atoms with Gasteiger partial charge in [0.2, 0.25) is 0 Å². The number of anilines is 1. The van der Waals surface area contributed by atoms with Crippen LogP contribution < -0.4 is 4.90 Å². The summed E-state index contributed by atoms with van der Waals surface area (Å²) in [6.45, 7) is 1.59. The second-order valence-corrected chi connectivity index (χ2v) is 12.0. The van der Waals surface area contributed by atoms with E-state index in [2.05, 4.69) is 4.90 Å². The summed E-state index contributed by atoms with van der Waals surface area (Å²) in [5, 5.41) is 11.0. The summed E-state index contributed by atoms with van der Waals surface area (Å²) in [6.07, 6.45) is -6.62. The van der Waals surface area contributed by atoms with Gasteiger partial charge in [-0.1, -0.05) is 23.7 Å². The van der Waals surface area contributed by atoms with E-state index in [9.17, 15) is 41.0 Å². The molecule has 2 aromatic rings. The zero-order chi connectivity index (χ0) is 31.7. The van der Waals surface area contributed by atoms with Crippen LogP contribution in [0.1, 0.15) is 53.6 Å². The van der Waals surface area contributed by atoms with Gasteiger partial charge in [-0.15, -0.1) is 0 Å². The number of likely N-dealkylation sites (tertiary alicyclic amines) is 1. The molecule has 2 amide bonds. The molecular formula is C30H34ClF6N3O3. The van der Waals surface area contributed by atoms with Gasteiger partial charge < -0.3 is 19.8 Å². The van der Waals surface area contributed by atoms with Crippen LogP contribution in [0.2, 0.25) is 5.02 Å². The van der Waals surface area contributed by atoms with Gasteiger partial charge in [0.15, 0.2) is 0 Å². The van der Waals surface area contributed by atoms with Crippen molar-refractivity contribution in [3.8, 4) is 0 Å². The van der Waals surface area contributed by atoms with Crippen molar-refractivity contribution in [2.45, 2.75) is 50.1 Å². The topological polar surface area (TPSA) is 64.1 Å². The number of benzene rings is 2. The standard InChI is InChI=1S/C30H34ClF6N3O3/c1-38(2)26(41)24-8-7-23(18-25(24)31)39-13-9-19(10-14-39)17-20-11-15-40(16-12-20)27(42)28(43,30(35,36)37)21-3-5-22(6-4-21)29(32,33)34/h3-8,18-20,43H,9-17H2,1-2H3. The Bertz CT molecular complexity index is 1300. The summed E-state index contributed by atoms with van der Waals surface area (Å²) in [6, 6.07) is 7.23. The zero-order valence-electron chi connectivity index (χ0n) is 23.8. The third-order valence-electron chi connectivity index (χ3n) is 8.49. The molecule has 2 aliphatic rings. The predicted octanol–water partition coefficient (Wildman–Crippen LogP) is 6.36. The first-order chi connectivity index (χ1) is 20.0. The van der Waals surface area contributed by atoms with Crippen LogP contribution in [0.3, 0.4) is 0 Å². The quantitative estimate of drug-likeness (QED) is 0.377. The molecule has 1 N–H and O–H groups in total. The predicted molar refractivity (Wildman–Crippen MR) is 150 cm³/mol. The Hall–Kier alpha value is -2.99. The van der Waals surface area contributed by atoms with Crippen LogP contribution in [0.15, 0.2) is 42.5 Å². The van der Waals surface area contributed by atoms with E-state index in [1.165, 1.54) is 4.90 Å². The van der Waals surface area contributed by atoms with E-state index in [1.807, 2.05) is 6.07 Å². The molecule has 2 aliphatic heterocycles. The van der Waals surface area contributed by atoms with Gasteiger partial charge in [-0.2, -0.15) is 26.3 Å². The van der Waals surface area contributed by atoms with Crippen LogP contribution in [0.4, 0.5) is 32.0 Å². The van der Waals surface area contributed by atoms with Crippen molar-refractivity contribution in [3.05, 3.63) is 64.2 Å². The molecule has 13 heteroatoms. The van der Waals surface area contributed by atoms with Crippen LogP contribution in [-0.2, 0) is 16.6 Å². The fourth-order valence-corrected chi connectivity index (χ4v) is 6.18. The van der Waals surface area contributed by atoms with E-state index >= 15 is 0 Å². The van der Waals surface area contributed by atoms with Gasteiger partial charge in [0.1, 0.15) is 0 Å². The number of hydrogen-bond donors (Lipinski definition) is 1. The maximum Gasteiger partial charge on any atom is 0.430 e. The fourth-order valence-electron chi connectivity index (χ4n) is 5.92. The molecule has 2 aromatic carbocycles. The number of rotatable bonds is 6. The molecule has 236 valence electrons. The van der Waals surface area contributed by atoms with Crippen molar-refractivity contribution in [2.75, 3.05) is 45.2 Å². The van der Waals surface area contributed by atoms with Crippen LogP contribution >= 0.6 is 11.6 Å². The van der Waals surface area contributed by atoms with E-state index in [-0.39, 0.29) is 24.9 Å². The van der Waals surface area contributed by atoms with Gasteiger partial charge in [0.05, 0.1) is 16.1 Å². The van der Waals surface area contributed by atoms with Gasteiger partial charge in [0, 0.05) is 51.5 Å². The van der Waals surface area contributed by atoms with Crippen LogP contribution in [-0.4, -0.2) is 73.2 Å². The minimum absolute atomic E-state index is 0.0118. The molecule has 1 unspecified atom stereocenters. The minimum atomic E-state index is -5.43. The van der Waals surface area contributed by atoms with Crippen LogP contribution in [0.25, 0.3) is 0 Å². The summed E-state index contributed by atoms with van der Waals surface area (Å²) in [4.78, 5) is 29.9. The maximum atomic E-state index is 14.0. The van der Waals surface area contributed by atoms with Crippen molar-refractivity contribution in [1.29, 1.82) is 0 Å². The first-order valence-electron chi connectivity index (χ1n) is 14.0. The normalized spacial score (nSPS) is 18.8. The molecular weight excluding hydrogens is 600 g/mol. The van der Waals surface area contributed by atoms with Gasteiger partial charge in [-0.3, -0.25) is 9.59 Å². The second-order valence-electron chi connectivity index (χ2n) is 11.5. The number of alkyl halides is 6. The Labute approximate surface area is 251 Å². The SMILES string of the molecule is CN(C)C(=O)c1ccc(N2CCC(CC3CCN(C(=O)C(O)(c4ccc(C(F)(F)F)cc4)C(F)(F)F)CC3)CC2)cc1Cl. The highest BCUT2D eigenvalue weighted by Gasteiger charge is 2.62. The van der Waals surface area contributed by atoms with Crippen molar-refractivity contribution >= 4 is 29.1 Å². The van der Waals surface area contributed by atoms with Crippen LogP contribution in [0.5, 0.6) is 0 Å². The summed E-state index contributed by atoms with van der Waals surface area (Å²) in [5.41, 5.74) is -4.72. The number of carbonyl (C=O) groups excluding carboxylic acids is 2. The van der Waals surface area contributed by atoms with Crippen molar-refractivity contribution in [1.82, 2.24) is 9.80 Å². The summed E-state index contributed by atoms with van der Waals surface area (Å²) >= 11 is 6.37. The monoisotopic (exact) mass is 633 g/mol. The summed E-state index contributed by atoms with van der Waals surface area (Å²) < 4.78 is 80.8. The Balaban J connectivity index is 1.32. The lowest BCUT2D eigenvalue weighted by Crippen LogP contribution is -2.57. The highest BCUT2D eigenvalue weighted by atomic mass is 35.5. The zero-order valence-corrected chi connectivity index (χ0v) is 24.6. The number of amides is 2. The largest absolute Gasteiger partial charge is 0.430 e. The van der Waals surface area contributed by atoms with E-state index in [0.29, 0.717) is 53.6 Å². The number of aliphatic hydroxyl groups is 1. The lowest BCUT2D eigenvalue weighted by atomic mass is 9.82. The third-order valence-corrected chi connectivity index (χ3v) is 8.80. The molecule has 0 aliphatic carbocycles. The second kappa shape index (κ2) is 12.6. The van der Waals surface area contributed by atoms with Gasteiger partial charge in [-0.05, 0) is 74.3 Å². The summed E-state index contributed by atoms with van der Waals surface area (Å²) in [7, 11) is 3.31. The molecule has 4 rings (SSSR count). The fraction of sp³-hybridized carbons (Fsp3) is 0.533. The van der Waals surface area contributed by atoms with Gasteiger partial charge in [0.25, 0.3) is 17.4 Å². The van der Waals surface area contributed by atoms with Crippen molar-refractivity contribution in [3.63, 3.8) is 0 Å². The number of piperidine rings is 2. The van der Waals surface area contributed by atoms with E-state index in [1.54, 1.807) is 26.2 Å². The molecule has 2 saturated heterocycles. The molecule has 43 heavy (non-hydrogen) atoms. The van der Waals surface area contributed by atoms with E-state index in [4.69, 9.17) is 11.6 Å². The third kappa shape index (κ3) is 7.06. The molecule has 0 radical (unpaired) electrons. The van der Waals surface area contributed by atoms with E-state index < -0.39 is 35.0 Å². The summed E-state index contributed by atoms with van der Waals surface area (Å²) in [5.74, 6) is -1.17. The number of nitrogens with zero attached hydrogens (tertiary/aromatic N) is 3. The molecule has 0 spiro atoms. The van der Waals surface area contributed by atoms with Gasteiger partial charge in [-0.25, -0.2) is 0 Å². The smallest absolute Gasteiger partial charge is 0.371 e. The highest BCUT2D eigenvalue weighted by Crippen LogP contribution is 2.42. The molecule has 6 nitrogen and oxygen atoms in total. The Morgan fingerprint density at radius 2 is 1.37 bits per heavy atom. The molecule has 2 fully saturated rings. The van der Waals surface area contributed by atoms with Crippen molar-refractivity contribution in [2.24, 2.45) is 11.8 Å². The molecule has 0 saturated carbocycles. The molecule has 2 heterocycles. The first-order valence-corrected chi connectivity index (χ1v) is 14.4. The van der Waals surface area contributed by atoms with Gasteiger partial charge >= 0.3 is 12.4 Å². The number of carbonyl (C=O) groups is 2. The maximum absolute atomic E-state index is 14.0. The average molecular weight is 634 g/mol. The Morgan fingerprint density at radius 1 is 0.860 bits per heavy atom. The number of halogens is 7. The van der Waals surface area contributed by atoms with Crippen LogP contribution in [0, 0.1) is 11.8 Å². The Morgan fingerprint density at radius 3 is 1.84 bits per heavy atom. The minimum Gasteiger partial charge on any atom is -0.371 e. The molecule has 1 atom stereocenters. The lowest BCUT2D eigenvalue weighted by molar-refractivity contribution is -0.262. The average Bonchev–Trinajstić information content (AvgIpc) is 2.95. The highest BCUT2D eigenvalue weighted by molar-refractivity contribution is 6.34. The Kier molecular flexibility index (Phi) is 9.61. The lowest BCUT2D eigenvalue weighted by Gasteiger charge is -2.40. The molecule has 0 aromatic heterocycles. The first kappa shape index (κ1) is 32.9. The number of hydrogen-bond acceptors (Lipinski definition) is 4.